The number of carbonyl (C=O) groups excluding carboxylic acids is 3. The average molecular weight is 469 g/mol. The van der Waals surface area contributed by atoms with E-state index in [0.717, 1.165) is 24.8 Å². The van der Waals surface area contributed by atoms with Crippen LogP contribution in [0, 0.1) is 28.6 Å². The van der Waals surface area contributed by atoms with E-state index >= 15 is 0 Å². The van der Waals surface area contributed by atoms with Gasteiger partial charge >= 0.3 is 5.97 Å². The number of fused-ring (bicyclic) bond motifs is 3. The Labute approximate surface area is 198 Å². The summed E-state index contributed by atoms with van der Waals surface area (Å²) in [5, 5.41) is -0.418. The van der Waals surface area contributed by atoms with Crippen LogP contribution in [0.25, 0.3) is 0 Å². The van der Waals surface area contributed by atoms with Crippen LogP contribution in [0.3, 0.4) is 0 Å². The molecule has 4 fully saturated rings. The Morgan fingerprint density at radius 2 is 2.03 bits per heavy atom. The van der Waals surface area contributed by atoms with Crippen LogP contribution in [0.2, 0.25) is 0 Å². The number of epoxide rings is 1. The molecule has 7 heteroatoms. The number of thiol groups is 1. The number of rotatable bonds is 3. The minimum atomic E-state index is -1.36. The molecule has 0 N–H and O–H groups in total. The SMILES string of the molecule is C[C@@H]1CC2C3CCC4=CC(=O)C=C[C@]4(C)[C@@]34O[C@@H]4C[C@]2(C)[C@@]1(OC(=O)c1ccco1)C(=O)S. The zero-order valence-corrected chi connectivity index (χ0v) is 19.9. The molecule has 0 aromatic carbocycles. The maximum atomic E-state index is 13.2. The van der Waals surface area contributed by atoms with Crippen LogP contribution < -0.4 is 0 Å². The summed E-state index contributed by atoms with van der Waals surface area (Å²) in [4.78, 5) is 38.3. The van der Waals surface area contributed by atoms with Crippen molar-refractivity contribution < 1.29 is 28.3 Å². The number of allylic oxidation sites excluding steroid dienone is 2. The molecule has 6 nitrogen and oxygen atoms in total. The molecule has 2 heterocycles. The molecule has 1 aromatic rings. The van der Waals surface area contributed by atoms with Crippen molar-refractivity contribution in [3.63, 3.8) is 0 Å². The summed E-state index contributed by atoms with van der Waals surface area (Å²) in [5.41, 5.74) is -1.55. The monoisotopic (exact) mass is 468 g/mol. The molecule has 6 rings (SSSR count). The van der Waals surface area contributed by atoms with Crippen molar-refractivity contribution >= 4 is 29.5 Å². The zero-order chi connectivity index (χ0) is 23.4. The molecule has 174 valence electrons. The van der Waals surface area contributed by atoms with Gasteiger partial charge in [-0.25, -0.2) is 4.79 Å². The number of carbonyl (C=O) groups is 3. The Morgan fingerprint density at radius 1 is 1.24 bits per heavy atom. The Balaban J connectivity index is 1.42. The molecule has 1 aliphatic heterocycles. The molecule has 1 spiro atoms. The molecular weight excluding hydrogens is 440 g/mol. The predicted octanol–water partition coefficient (Wildman–Crippen LogP) is 4.32. The van der Waals surface area contributed by atoms with Gasteiger partial charge in [0.05, 0.1) is 12.4 Å². The fourth-order valence-corrected chi connectivity index (χ4v) is 8.80. The van der Waals surface area contributed by atoms with Crippen molar-refractivity contribution in [2.75, 3.05) is 0 Å². The van der Waals surface area contributed by atoms with Gasteiger partial charge in [0.1, 0.15) is 5.60 Å². The number of esters is 1. The first kappa shape index (κ1) is 21.4. The van der Waals surface area contributed by atoms with Crippen LogP contribution in [0.1, 0.15) is 57.0 Å². The number of hydrogen-bond acceptors (Lipinski definition) is 6. The molecule has 1 saturated heterocycles. The van der Waals surface area contributed by atoms with Gasteiger partial charge in [-0.1, -0.05) is 25.5 Å². The number of hydrogen-bond donors (Lipinski definition) is 1. The van der Waals surface area contributed by atoms with Crippen LogP contribution in [-0.4, -0.2) is 34.2 Å². The van der Waals surface area contributed by atoms with E-state index < -0.39 is 22.1 Å². The minimum Gasteiger partial charge on any atom is -0.457 e. The van der Waals surface area contributed by atoms with E-state index in [1.54, 1.807) is 24.3 Å². The molecule has 4 aliphatic carbocycles. The molecule has 0 radical (unpaired) electrons. The lowest BCUT2D eigenvalue weighted by Crippen LogP contribution is -2.62. The molecule has 3 saturated carbocycles. The van der Waals surface area contributed by atoms with Gasteiger partial charge in [0.15, 0.2) is 11.4 Å². The average Bonchev–Trinajstić information content (AvgIpc) is 3.14. The van der Waals surface area contributed by atoms with Gasteiger partial charge in [0.25, 0.3) is 0 Å². The highest BCUT2D eigenvalue weighted by molar-refractivity contribution is 7.96. The minimum absolute atomic E-state index is 0.0363. The Morgan fingerprint density at radius 3 is 2.73 bits per heavy atom. The summed E-state index contributed by atoms with van der Waals surface area (Å²) in [6.07, 6.45) is 9.87. The second-order valence-electron chi connectivity index (χ2n) is 10.9. The highest BCUT2D eigenvalue weighted by Gasteiger charge is 2.82. The van der Waals surface area contributed by atoms with Crippen LogP contribution in [0.5, 0.6) is 0 Å². The van der Waals surface area contributed by atoms with E-state index in [1.165, 1.54) is 6.26 Å². The standard InChI is InChI=1S/C26H28O6S/c1-14-11-18-17-7-6-15-12-16(27)8-9-23(15,2)26(17)20(31-26)13-24(18,3)25(14,22(29)33)32-21(28)19-5-4-10-30-19/h4-5,8-10,12,14,17-18,20H,6-7,11,13H2,1-3H3,(H,29,33)/t14-,17?,18?,20-,23+,24+,25+,26-/m1/s1. The Hall–Kier alpha value is -2.12. The molecule has 33 heavy (non-hydrogen) atoms. The highest BCUT2D eigenvalue weighted by atomic mass is 32.1. The third-order valence-corrected chi connectivity index (χ3v) is 10.1. The molecular formula is C26H28O6S. The second kappa shape index (κ2) is 6.51. The van der Waals surface area contributed by atoms with Crippen molar-refractivity contribution in [3.8, 4) is 0 Å². The molecule has 0 bridgehead atoms. The fourth-order valence-electron chi connectivity index (χ4n) is 8.28. The fraction of sp³-hybridized carbons (Fsp3) is 0.577. The smallest absolute Gasteiger partial charge is 0.375 e. The maximum Gasteiger partial charge on any atom is 0.375 e. The summed E-state index contributed by atoms with van der Waals surface area (Å²) in [7, 11) is 0. The van der Waals surface area contributed by atoms with Gasteiger partial charge in [0, 0.05) is 16.7 Å². The number of ketones is 1. The van der Waals surface area contributed by atoms with E-state index in [9.17, 15) is 14.4 Å². The van der Waals surface area contributed by atoms with Crippen molar-refractivity contribution in [1.29, 1.82) is 0 Å². The lowest BCUT2D eigenvalue weighted by atomic mass is 9.47. The molecule has 2 unspecified atom stereocenters. The molecule has 8 atom stereocenters. The van der Waals surface area contributed by atoms with E-state index in [4.69, 9.17) is 13.9 Å². The van der Waals surface area contributed by atoms with Crippen molar-refractivity contribution in [3.05, 3.63) is 48.0 Å². The van der Waals surface area contributed by atoms with Gasteiger partial charge in [-0.15, -0.1) is 12.6 Å². The van der Waals surface area contributed by atoms with Crippen LogP contribution in [-0.2, 0) is 19.1 Å². The summed E-state index contributed by atoms with van der Waals surface area (Å²) in [6.45, 7) is 6.24. The third-order valence-electron chi connectivity index (χ3n) is 9.77. The predicted molar refractivity (Wildman–Crippen MR) is 122 cm³/mol. The summed E-state index contributed by atoms with van der Waals surface area (Å²) >= 11 is 4.30. The van der Waals surface area contributed by atoms with Crippen molar-refractivity contribution in [2.45, 2.75) is 63.8 Å². The van der Waals surface area contributed by atoms with E-state index in [1.807, 2.05) is 13.0 Å². The lowest BCUT2D eigenvalue weighted by molar-refractivity contribution is -0.155. The first-order chi connectivity index (χ1) is 15.6. The van der Waals surface area contributed by atoms with Gasteiger partial charge < -0.3 is 13.9 Å². The Kier molecular flexibility index (Phi) is 4.22. The largest absolute Gasteiger partial charge is 0.457 e. The van der Waals surface area contributed by atoms with E-state index in [-0.39, 0.29) is 46.4 Å². The van der Waals surface area contributed by atoms with Gasteiger partial charge in [0.2, 0.25) is 10.9 Å². The maximum absolute atomic E-state index is 13.2. The number of ether oxygens (including phenoxy) is 2. The lowest BCUT2D eigenvalue weighted by Gasteiger charge is -2.55. The van der Waals surface area contributed by atoms with Crippen LogP contribution in [0.15, 0.2) is 46.6 Å². The first-order valence-electron chi connectivity index (χ1n) is 11.7. The van der Waals surface area contributed by atoms with E-state index in [2.05, 4.69) is 26.5 Å². The van der Waals surface area contributed by atoms with Crippen LogP contribution in [0.4, 0.5) is 0 Å². The third kappa shape index (κ3) is 2.38. The van der Waals surface area contributed by atoms with Crippen molar-refractivity contribution in [1.82, 2.24) is 0 Å². The molecule has 0 amide bonds. The molecule has 1 aromatic heterocycles. The summed E-state index contributed by atoms with van der Waals surface area (Å²) < 4.78 is 17.9. The van der Waals surface area contributed by atoms with Crippen molar-refractivity contribution in [2.24, 2.45) is 28.6 Å². The Bertz CT molecular complexity index is 1140. The van der Waals surface area contributed by atoms with Gasteiger partial charge in [-0.3, -0.25) is 9.59 Å². The van der Waals surface area contributed by atoms with Gasteiger partial charge in [-0.2, -0.15) is 0 Å². The quantitative estimate of drug-likeness (QED) is 0.404. The summed E-state index contributed by atoms with van der Waals surface area (Å²) in [5.74, 6) is -0.405. The van der Waals surface area contributed by atoms with Crippen LogP contribution >= 0.6 is 12.6 Å². The zero-order valence-electron chi connectivity index (χ0n) is 19.0. The molecule has 5 aliphatic rings. The second-order valence-corrected chi connectivity index (χ2v) is 11.3. The first-order valence-corrected chi connectivity index (χ1v) is 12.2. The van der Waals surface area contributed by atoms with E-state index in [0.29, 0.717) is 6.42 Å². The highest BCUT2D eigenvalue weighted by Crippen LogP contribution is 2.77. The summed E-state index contributed by atoms with van der Waals surface area (Å²) in [6, 6.07) is 3.17. The normalized spacial score (nSPS) is 47.0. The van der Waals surface area contributed by atoms with Gasteiger partial charge in [-0.05, 0) is 68.7 Å². The number of furan rings is 1. The topological polar surface area (TPSA) is 86.1 Å².